The van der Waals surface area contributed by atoms with E-state index in [4.69, 9.17) is 0 Å². The normalized spacial score (nSPS) is 19.6. The second-order valence-electron chi connectivity index (χ2n) is 4.76. The molecule has 1 atom stereocenters. The molecule has 1 fully saturated rings. The SMILES string of the molecule is CC(NCC1CCCCC1)c1cnccn1. The molecule has 1 saturated carbocycles. The number of aromatic nitrogens is 2. The first-order valence-corrected chi connectivity index (χ1v) is 6.35. The minimum atomic E-state index is 0.315. The van der Waals surface area contributed by atoms with Crippen molar-refractivity contribution in [2.45, 2.75) is 45.1 Å². The Kier molecular flexibility index (Phi) is 4.28. The van der Waals surface area contributed by atoms with Crippen LogP contribution in [0.25, 0.3) is 0 Å². The predicted molar refractivity (Wildman–Crippen MR) is 65.0 cm³/mol. The number of rotatable bonds is 4. The summed E-state index contributed by atoms with van der Waals surface area (Å²) in [6.07, 6.45) is 12.3. The van der Waals surface area contributed by atoms with Crippen molar-refractivity contribution in [3.63, 3.8) is 0 Å². The molecule has 0 spiro atoms. The smallest absolute Gasteiger partial charge is 0.0753 e. The van der Waals surface area contributed by atoms with E-state index in [0.717, 1.165) is 18.2 Å². The van der Waals surface area contributed by atoms with Crippen molar-refractivity contribution in [1.82, 2.24) is 15.3 Å². The predicted octanol–water partition coefficient (Wildman–Crippen LogP) is 2.71. The Balaban J connectivity index is 1.77. The molecule has 0 radical (unpaired) electrons. The zero-order valence-corrected chi connectivity index (χ0v) is 10.0. The Hall–Kier alpha value is -0.960. The van der Waals surface area contributed by atoms with E-state index in [1.165, 1.54) is 32.1 Å². The molecular weight excluding hydrogens is 198 g/mol. The second kappa shape index (κ2) is 5.94. The van der Waals surface area contributed by atoms with Gasteiger partial charge in [-0.15, -0.1) is 0 Å². The van der Waals surface area contributed by atoms with Crippen molar-refractivity contribution in [3.05, 3.63) is 24.3 Å². The quantitative estimate of drug-likeness (QED) is 0.846. The van der Waals surface area contributed by atoms with Crippen LogP contribution in [0.5, 0.6) is 0 Å². The molecule has 1 unspecified atom stereocenters. The Bertz CT molecular complexity index is 293. The third-order valence-electron chi connectivity index (χ3n) is 3.46. The van der Waals surface area contributed by atoms with Crippen LogP contribution in [0, 0.1) is 5.92 Å². The maximum absolute atomic E-state index is 4.32. The van der Waals surface area contributed by atoms with Crippen molar-refractivity contribution in [2.75, 3.05) is 6.54 Å². The lowest BCUT2D eigenvalue weighted by atomic mass is 9.89. The third kappa shape index (κ3) is 3.27. The topological polar surface area (TPSA) is 37.8 Å². The summed E-state index contributed by atoms with van der Waals surface area (Å²) in [6.45, 7) is 3.28. The van der Waals surface area contributed by atoms with Crippen LogP contribution >= 0.6 is 0 Å². The van der Waals surface area contributed by atoms with E-state index in [0.29, 0.717) is 6.04 Å². The van der Waals surface area contributed by atoms with Gasteiger partial charge in [-0.1, -0.05) is 19.3 Å². The molecule has 3 heteroatoms. The van der Waals surface area contributed by atoms with Crippen LogP contribution in [0.3, 0.4) is 0 Å². The van der Waals surface area contributed by atoms with Gasteiger partial charge in [0.1, 0.15) is 0 Å². The Morgan fingerprint density at radius 1 is 1.31 bits per heavy atom. The van der Waals surface area contributed by atoms with Crippen LogP contribution in [0.15, 0.2) is 18.6 Å². The summed E-state index contributed by atoms with van der Waals surface area (Å²) >= 11 is 0. The summed E-state index contributed by atoms with van der Waals surface area (Å²) < 4.78 is 0. The van der Waals surface area contributed by atoms with Crippen molar-refractivity contribution in [1.29, 1.82) is 0 Å². The van der Waals surface area contributed by atoms with Crippen LogP contribution in [0.4, 0.5) is 0 Å². The van der Waals surface area contributed by atoms with Gasteiger partial charge in [0.25, 0.3) is 0 Å². The molecule has 1 heterocycles. The van der Waals surface area contributed by atoms with E-state index in [-0.39, 0.29) is 0 Å². The maximum atomic E-state index is 4.32. The lowest BCUT2D eigenvalue weighted by molar-refractivity contribution is 0.330. The summed E-state index contributed by atoms with van der Waals surface area (Å²) in [5.41, 5.74) is 1.04. The highest BCUT2D eigenvalue weighted by atomic mass is 14.9. The summed E-state index contributed by atoms with van der Waals surface area (Å²) in [5, 5.41) is 3.57. The van der Waals surface area contributed by atoms with Crippen molar-refractivity contribution >= 4 is 0 Å². The summed E-state index contributed by atoms with van der Waals surface area (Å²) in [4.78, 5) is 8.42. The van der Waals surface area contributed by atoms with Crippen molar-refractivity contribution in [3.8, 4) is 0 Å². The molecule has 16 heavy (non-hydrogen) atoms. The standard InChI is InChI=1S/C13H21N3/c1-11(13-10-14-7-8-15-13)16-9-12-5-3-2-4-6-12/h7-8,10-12,16H,2-6,9H2,1H3. The molecule has 3 nitrogen and oxygen atoms in total. The fraction of sp³-hybridized carbons (Fsp3) is 0.692. The van der Waals surface area contributed by atoms with E-state index in [9.17, 15) is 0 Å². The van der Waals surface area contributed by atoms with Gasteiger partial charge >= 0.3 is 0 Å². The van der Waals surface area contributed by atoms with Crippen LogP contribution in [-0.2, 0) is 0 Å². The minimum absolute atomic E-state index is 0.315. The van der Waals surface area contributed by atoms with Gasteiger partial charge in [0.15, 0.2) is 0 Å². The summed E-state index contributed by atoms with van der Waals surface area (Å²) in [6, 6.07) is 0.315. The van der Waals surface area contributed by atoms with Gasteiger partial charge in [-0.25, -0.2) is 0 Å². The maximum Gasteiger partial charge on any atom is 0.0753 e. The monoisotopic (exact) mass is 219 g/mol. The minimum Gasteiger partial charge on any atom is -0.309 e. The lowest BCUT2D eigenvalue weighted by Crippen LogP contribution is -2.27. The summed E-state index contributed by atoms with van der Waals surface area (Å²) in [5.74, 6) is 0.868. The molecule has 1 aromatic rings. The van der Waals surface area contributed by atoms with Gasteiger partial charge in [0.2, 0.25) is 0 Å². The molecule has 1 N–H and O–H groups in total. The largest absolute Gasteiger partial charge is 0.309 e. The fourth-order valence-electron chi connectivity index (χ4n) is 2.37. The van der Waals surface area contributed by atoms with E-state index in [2.05, 4.69) is 22.2 Å². The van der Waals surface area contributed by atoms with Crippen LogP contribution in [0.2, 0.25) is 0 Å². The number of nitrogens with zero attached hydrogens (tertiary/aromatic N) is 2. The Morgan fingerprint density at radius 2 is 2.12 bits per heavy atom. The fourth-order valence-corrected chi connectivity index (χ4v) is 2.37. The molecule has 0 amide bonds. The highest BCUT2D eigenvalue weighted by molar-refractivity contribution is 5.00. The first-order valence-electron chi connectivity index (χ1n) is 6.35. The van der Waals surface area contributed by atoms with Gasteiger partial charge in [-0.2, -0.15) is 0 Å². The average molecular weight is 219 g/mol. The van der Waals surface area contributed by atoms with E-state index >= 15 is 0 Å². The van der Waals surface area contributed by atoms with Gasteiger partial charge in [-0.3, -0.25) is 9.97 Å². The Morgan fingerprint density at radius 3 is 2.81 bits per heavy atom. The molecular formula is C13H21N3. The van der Waals surface area contributed by atoms with E-state index in [1.807, 2.05) is 6.20 Å². The molecule has 0 aliphatic heterocycles. The molecule has 0 aromatic carbocycles. The third-order valence-corrected chi connectivity index (χ3v) is 3.46. The first-order chi connectivity index (χ1) is 7.86. The molecule has 1 aromatic heterocycles. The van der Waals surface area contributed by atoms with Gasteiger partial charge < -0.3 is 5.32 Å². The molecule has 0 bridgehead atoms. The molecule has 1 aliphatic carbocycles. The van der Waals surface area contributed by atoms with E-state index in [1.54, 1.807) is 12.4 Å². The van der Waals surface area contributed by atoms with Crippen LogP contribution < -0.4 is 5.32 Å². The van der Waals surface area contributed by atoms with Crippen LogP contribution in [0.1, 0.15) is 50.8 Å². The highest BCUT2D eigenvalue weighted by Gasteiger charge is 2.14. The molecule has 0 saturated heterocycles. The summed E-state index contributed by atoms with van der Waals surface area (Å²) in [7, 11) is 0. The zero-order chi connectivity index (χ0) is 11.2. The van der Waals surface area contributed by atoms with Crippen molar-refractivity contribution in [2.24, 2.45) is 5.92 Å². The lowest BCUT2D eigenvalue weighted by Gasteiger charge is -2.23. The Labute approximate surface area is 97.7 Å². The molecule has 88 valence electrons. The zero-order valence-electron chi connectivity index (χ0n) is 10.0. The average Bonchev–Trinajstić information content (AvgIpc) is 2.38. The molecule has 2 rings (SSSR count). The molecule has 1 aliphatic rings. The van der Waals surface area contributed by atoms with Gasteiger partial charge in [-0.05, 0) is 32.2 Å². The second-order valence-corrected chi connectivity index (χ2v) is 4.76. The number of nitrogens with one attached hydrogen (secondary N) is 1. The van der Waals surface area contributed by atoms with Crippen molar-refractivity contribution < 1.29 is 0 Å². The number of hydrogen-bond acceptors (Lipinski definition) is 3. The number of hydrogen-bond donors (Lipinski definition) is 1. The van der Waals surface area contributed by atoms with Crippen LogP contribution in [-0.4, -0.2) is 16.5 Å². The first kappa shape index (κ1) is 11.5. The van der Waals surface area contributed by atoms with Gasteiger partial charge in [0.05, 0.1) is 5.69 Å². The highest BCUT2D eigenvalue weighted by Crippen LogP contribution is 2.23. The van der Waals surface area contributed by atoms with E-state index < -0.39 is 0 Å². The van der Waals surface area contributed by atoms with Gasteiger partial charge in [0, 0.05) is 24.6 Å².